The van der Waals surface area contributed by atoms with Crippen molar-refractivity contribution < 1.29 is 0 Å². The summed E-state index contributed by atoms with van der Waals surface area (Å²) >= 11 is 5.58. The van der Waals surface area contributed by atoms with Crippen molar-refractivity contribution in [1.82, 2.24) is 10.3 Å². The first kappa shape index (κ1) is 19.2. The van der Waals surface area contributed by atoms with Crippen LogP contribution in [0.15, 0.2) is 48.7 Å². The van der Waals surface area contributed by atoms with Crippen molar-refractivity contribution >= 4 is 28.8 Å². The maximum absolute atomic E-state index is 5.58. The maximum atomic E-state index is 5.58. The summed E-state index contributed by atoms with van der Waals surface area (Å²) in [6.07, 6.45) is 10.8. The number of nitrogens with zero attached hydrogens (tertiary/aromatic N) is 2. The number of thiocarbonyl (C=S) groups is 1. The third-order valence-corrected chi connectivity index (χ3v) is 6.47. The quantitative estimate of drug-likeness (QED) is 0.708. The molecule has 1 aliphatic carbocycles. The van der Waals surface area contributed by atoms with E-state index in [-0.39, 0.29) is 5.41 Å². The van der Waals surface area contributed by atoms with Crippen LogP contribution in [0.2, 0.25) is 0 Å². The zero-order valence-corrected chi connectivity index (χ0v) is 17.3. The molecule has 1 aliphatic heterocycles. The van der Waals surface area contributed by atoms with Gasteiger partial charge in [-0.15, -0.1) is 0 Å². The van der Waals surface area contributed by atoms with Gasteiger partial charge in [0.1, 0.15) is 5.82 Å². The van der Waals surface area contributed by atoms with E-state index in [1.807, 2.05) is 6.20 Å². The molecule has 0 amide bonds. The fraction of sp³-hybridized carbons (Fsp3) is 0.478. The van der Waals surface area contributed by atoms with Crippen LogP contribution in [0.1, 0.15) is 50.5 Å². The van der Waals surface area contributed by atoms with E-state index in [1.165, 1.54) is 50.5 Å². The van der Waals surface area contributed by atoms with Crippen molar-refractivity contribution in [3.8, 4) is 0 Å². The number of pyridine rings is 1. The van der Waals surface area contributed by atoms with Gasteiger partial charge in [-0.05, 0) is 55.6 Å². The second-order valence-corrected chi connectivity index (χ2v) is 8.52. The second-order valence-electron chi connectivity index (χ2n) is 8.11. The molecule has 2 heterocycles. The molecule has 1 saturated heterocycles. The molecule has 2 aromatic rings. The lowest BCUT2D eigenvalue weighted by molar-refractivity contribution is 0.292. The summed E-state index contributed by atoms with van der Waals surface area (Å²) in [5.41, 5.74) is 2.56. The minimum Gasteiger partial charge on any atom is -0.362 e. The van der Waals surface area contributed by atoms with E-state index in [0.29, 0.717) is 5.11 Å². The first-order valence-electron chi connectivity index (χ1n) is 10.6. The maximum Gasteiger partial charge on any atom is 0.170 e. The van der Waals surface area contributed by atoms with E-state index in [1.54, 1.807) is 0 Å². The number of anilines is 2. The van der Waals surface area contributed by atoms with E-state index < -0.39 is 0 Å². The summed E-state index contributed by atoms with van der Waals surface area (Å²) < 4.78 is 0. The minimum absolute atomic E-state index is 0.184. The Balaban J connectivity index is 1.36. The van der Waals surface area contributed by atoms with Crippen molar-refractivity contribution in [2.75, 3.05) is 29.9 Å². The zero-order valence-electron chi connectivity index (χ0n) is 16.5. The third kappa shape index (κ3) is 4.46. The van der Waals surface area contributed by atoms with E-state index >= 15 is 0 Å². The summed E-state index contributed by atoms with van der Waals surface area (Å²) in [4.78, 5) is 6.94. The molecule has 1 saturated carbocycles. The number of aromatic nitrogens is 1. The molecule has 2 fully saturated rings. The molecule has 4 nitrogen and oxygen atoms in total. The Morgan fingerprint density at radius 3 is 2.39 bits per heavy atom. The molecule has 2 N–H and O–H groups in total. The van der Waals surface area contributed by atoms with Crippen LogP contribution in [0.4, 0.5) is 11.5 Å². The monoisotopic (exact) mass is 394 g/mol. The van der Waals surface area contributed by atoms with Gasteiger partial charge in [-0.3, -0.25) is 0 Å². The van der Waals surface area contributed by atoms with Gasteiger partial charge in [0.2, 0.25) is 0 Å². The lowest BCUT2D eigenvalue weighted by Crippen LogP contribution is -2.43. The average Bonchev–Trinajstić information content (AvgIpc) is 3.29. The normalized spacial score (nSPS) is 18.6. The first-order valence-corrected chi connectivity index (χ1v) is 11.0. The van der Waals surface area contributed by atoms with Gasteiger partial charge in [0.25, 0.3) is 0 Å². The van der Waals surface area contributed by atoms with Crippen LogP contribution in [0.25, 0.3) is 0 Å². The van der Waals surface area contributed by atoms with Crippen molar-refractivity contribution in [2.24, 2.45) is 0 Å². The third-order valence-electron chi connectivity index (χ3n) is 6.22. The number of nitrogens with one attached hydrogen (secondary N) is 2. The van der Waals surface area contributed by atoms with Gasteiger partial charge in [0.15, 0.2) is 5.11 Å². The molecule has 4 rings (SSSR count). The van der Waals surface area contributed by atoms with Crippen molar-refractivity contribution in [1.29, 1.82) is 0 Å². The fourth-order valence-corrected chi connectivity index (χ4v) is 4.80. The van der Waals surface area contributed by atoms with Crippen molar-refractivity contribution in [3.63, 3.8) is 0 Å². The van der Waals surface area contributed by atoms with Gasteiger partial charge in [-0.1, -0.05) is 49.6 Å². The van der Waals surface area contributed by atoms with Gasteiger partial charge in [-0.25, -0.2) is 4.98 Å². The standard InChI is InChI=1S/C23H30N4S/c28-22(26-20-11-12-21(24-17-20)27-15-7-8-16-27)25-18-23(13-5-2-6-14-23)19-9-3-1-4-10-19/h1,3-4,9-12,17H,2,5-8,13-16,18H2,(H2,25,26,28). The van der Waals surface area contributed by atoms with Crippen LogP contribution < -0.4 is 15.5 Å². The molecule has 5 heteroatoms. The molecule has 0 bridgehead atoms. The molecule has 148 valence electrons. The van der Waals surface area contributed by atoms with Crippen LogP contribution in [-0.4, -0.2) is 29.7 Å². The number of rotatable bonds is 5. The van der Waals surface area contributed by atoms with Gasteiger partial charge >= 0.3 is 0 Å². The predicted octanol–water partition coefficient (Wildman–Crippen LogP) is 4.87. The number of hydrogen-bond donors (Lipinski definition) is 2. The molecule has 1 aromatic carbocycles. The lowest BCUT2D eigenvalue weighted by Gasteiger charge is -2.38. The summed E-state index contributed by atoms with van der Waals surface area (Å²) in [5.74, 6) is 1.06. The Morgan fingerprint density at radius 1 is 0.964 bits per heavy atom. The highest BCUT2D eigenvalue weighted by Gasteiger charge is 2.33. The fourth-order valence-electron chi connectivity index (χ4n) is 4.61. The predicted molar refractivity (Wildman–Crippen MR) is 121 cm³/mol. The zero-order chi connectivity index (χ0) is 19.2. The van der Waals surface area contributed by atoms with Crippen molar-refractivity contribution in [3.05, 3.63) is 54.2 Å². The van der Waals surface area contributed by atoms with Crippen LogP contribution in [0.5, 0.6) is 0 Å². The lowest BCUT2D eigenvalue weighted by atomic mass is 9.69. The van der Waals surface area contributed by atoms with Crippen molar-refractivity contribution in [2.45, 2.75) is 50.4 Å². The Bertz CT molecular complexity index is 763. The molecule has 0 atom stereocenters. The topological polar surface area (TPSA) is 40.2 Å². The number of benzene rings is 1. The van der Waals surface area contributed by atoms with Crippen LogP contribution >= 0.6 is 12.2 Å². The molecular formula is C23H30N4S. The van der Waals surface area contributed by atoms with Crippen LogP contribution in [0, 0.1) is 0 Å². The number of hydrogen-bond acceptors (Lipinski definition) is 3. The van der Waals surface area contributed by atoms with Gasteiger partial charge < -0.3 is 15.5 Å². The van der Waals surface area contributed by atoms with Crippen LogP contribution in [-0.2, 0) is 5.41 Å². The van der Waals surface area contributed by atoms with E-state index in [9.17, 15) is 0 Å². The minimum atomic E-state index is 0.184. The van der Waals surface area contributed by atoms with E-state index in [0.717, 1.165) is 31.1 Å². The van der Waals surface area contributed by atoms with E-state index in [4.69, 9.17) is 12.2 Å². The summed E-state index contributed by atoms with van der Waals surface area (Å²) in [6, 6.07) is 15.1. The highest BCUT2D eigenvalue weighted by atomic mass is 32.1. The molecular weight excluding hydrogens is 364 g/mol. The largest absolute Gasteiger partial charge is 0.362 e. The first-order chi connectivity index (χ1) is 13.8. The summed E-state index contributed by atoms with van der Waals surface area (Å²) in [6.45, 7) is 3.10. The Hall–Kier alpha value is -2.14. The van der Waals surface area contributed by atoms with Gasteiger partial charge in [-0.2, -0.15) is 0 Å². The smallest absolute Gasteiger partial charge is 0.170 e. The Kier molecular flexibility index (Phi) is 6.10. The highest BCUT2D eigenvalue weighted by Crippen LogP contribution is 2.38. The van der Waals surface area contributed by atoms with Crippen LogP contribution in [0.3, 0.4) is 0 Å². The molecule has 1 aromatic heterocycles. The molecule has 0 spiro atoms. The Labute approximate surface area is 173 Å². The van der Waals surface area contributed by atoms with E-state index in [2.05, 4.69) is 63.0 Å². The van der Waals surface area contributed by atoms with Gasteiger partial charge in [0.05, 0.1) is 11.9 Å². The summed E-state index contributed by atoms with van der Waals surface area (Å²) in [5, 5.41) is 7.48. The highest BCUT2D eigenvalue weighted by molar-refractivity contribution is 7.80. The van der Waals surface area contributed by atoms with Gasteiger partial charge in [0, 0.05) is 25.0 Å². The molecule has 0 unspecified atom stereocenters. The SMILES string of the molecule is S=C(NCC1(c2ccccc2)CCCCC1)Nc1ccc(N2CCCC2)nc1. The second kappa shape index (κ2) is 8.91. The summed E-state index contributed by atoms with van der Waals surface area (Å²) in [7, 11) is 0. The Morgan fingerprint density at radius 2 is 1.71 bits per heavy atom. The molecule has 2 aliphatic rings. The average molecular weight is 395 g/mol. The molecule has 0 radical (unpaired) electrons. The molecule has 28 heavy (non-hydrogen) atoms.